The van der Waals surface area contributed by atoms with Gasteiger partial charge in [0.1, 0.15) is 0 Å². The maximum Gasteiger partial charge on any atom is 0.319 e. The topological polar surface area (TPSA) is 69.8 Å². The predicted molar refractivity (Wildman–Crippen MR) is 89.0 cm³/mol. The summed E-state index contributed by atoms with van der Waals surface area (Å²) in [5, 5.41) is 6.68. The van der Waals surface area contributed by atoms with Gasteiger partial charge in [0.15, 0.2) is 0 Å². The Labute approximate surface area is 128 Å². The van der Waals surface area contributed by atoms with E-state index in [9.17, 15) is 4.79 Å². The van der Waals surface area contributed by atoms with Crippen LogP contribution in [-0.4, -0.2) is 22.5 Å². The lowest BCUT2D eigenvalue weighted by atomic mass is 10.1. The monoisotopic (exact) mass is 294 g/mol. The molecule has 2 aromatic heterocycles. The first-order valence-corrected chi connectivity index (χ1v) is 7.27. The summed E-state index contributed by atoms with van der Waals surface area (Å²) >= 11 is 0. The fraction of sp³-hybridized carbons (Fsp3) is 0.176. The first kappa shape index (κ1) is 14.1. The molecular formula is C17H18N4O. The molecule has 3 rings (SSSR count). The third-order valence-corrected chi connectivity index (χ3v) is 3.40. The van der Waals surface area contributed by atoms with Crippen LogP contribution in [0, 0.1) is 6.92 Å². The van der Waals surface area contributed by atoms with Gasteiger partial charge in [-0.05, 0) is 49.7 Å². The number of hydrogen-bond acceptors (Lipinski definition) is 2. The molecule has 2 heterocycles. The van der Waals surface area contributed by atoms with Gasteiger partial charge in [-0.3, -0.25) is 4.98 Å². The highest BCUT2D eigenvalue weighted by molar-refractivity contribution is 6.01. The Balaban J connectivity index is 2.05. The van der Waals surface area contributed by atoms with Crippen LogP contribution >= 0.6 is 0 Å². The van der Waals surface area contributed by atoms with Gasteiger partial charge in [0.05, 0.1) is 22.6 Å². The molecule has 0 aliphatic rings. The fourth-order valence-corrected chi connectivity index (χ4v) is 2.48. The third kappa shape index (κ3) is 2.79. The standard InChI is InChI=1S/C17H18N4O/c1-3-18-17(22)21-15-9-11(2)8-12-10-14(20-16(12)15)13-6-4-5-7-19-13/h4-10,20H,3H2,1-2H3,(H2,18,21,22). The number of rotatable bonds is 3. The van der Waals surface area contributed by atoms with Gasteiger partial charge < -0.3 is 15.6 Å². The molecule has 1 aromatic carbocycles. The van der Waals surface area contributed by atoms with Gasteiger partial charge in [0.2, 0.25) is 0 Å². The lowest BCUT2D eigenvalue weighted by molar-refractivity contribution is 0.252. The van der Waals surface area contributed by atoms with E-state index in [0.717, 1.165) is 33.5 Å². The van der Waals surface area contributed by atoms with E-state index in [-0.39, 0.29) is 6.03 Å². The number of aromatic nitrogens is 2. The number of carbonyl (C=O) groups is 1. The van der Waals surface area contributed by atoms with Crippen molar-refractivity contribution in [2.45, 2.75) is 13.8 Å². The van der Waals surface area contributed by atoms with Gasteiger partial charge in [0.25, 0.3) is 0 Å². The summed E-state index contributed by atoms with van der Waals surface area (Å²) < 4.78 is 0. The minimum absolute atomic E-state index is 0.205. The van der Waals surface area contributed by atoms with Gasteiger partial charge in [-0.2, -0.15) is 0 Å². The highest BCUT2D eigenvalue weighted by Gasteiger charge is 2.10. The van der Waals surface area contributed by atoms with Gasteiger partial charge in [-0.25, -0.2) is 4.79 Å². The Hall–Kier alpha value is -2.82. The number of benzene rings is 1. The number of urea groups is 1. The van der Waals surface area contributed by atoms with Crippen molar-refractivity contribution in [2.24, 2.45) is 0 Å². The number of aryl methyl sites for hydroxylation is 1. The van der Waals surface area contributed by atoms with E-state index < -0.39 is 0 Å². The van der Waals surface area contributed by atoms with Crippen molar-refractivity contribution < 1.29 is 4.79 Å². The molecule has 22 heavy (non-hydrogen) atoms. The number of pyridine rings is 1. The number of carbonyl (C=O) groups excluding carboxylic acids is 1. The molecule has 0 radical (unpaired) electrons. The van der Waals surface area contributed by atoms with Crippen LogP contribution in [0.25, 0.3) is 22.3 Å². The van der Waals surface area contributed by atoms with E-state index in [4.69, 9.17) is 0 Å². The van der Waals surface area contributed by atoms with Crippen LogP contribution in [0.1, 0.15) is 12.5 Å². The number of amides is 2. The summed E-state index contributed by atoms with van der Waals surface area (Å²) in [6.45, 7) is 4.49. The molecule has 0 saturated carbocycles. The van der Waals surface area contributed by atoms with Gasteiger partial charge >= 0.3 is 6.03 Å². The molecule has 0 aliphatic carbocycles. The first-order chi connectivity index (χ1) is 10.7. The van der Waals surface area contributed by atoms with E-state index >= 15 is 0 Å². The zero-order chi connectivity index (χ0) is 15.5. The van der Waals surface area contributed by atoms with Crippen molar-refractivity contribution in [1.29, 1.82) is 0 Å². The molecule has 5 heteroatoms. The van der Waals surface area contributed by atoms with Crippen LogP contribution in [0.5, 0.6) is 0 Å². The molecular weight excluding hydrogens is 276 g/mol. The zero-order valence-corrected chi connectivity index (χ0v) is 12.6. The second kappa shape index (κ2) is 5.89. The van der Waals surface area contributed by atoms with Crippen molar-refractivity contribution in [1.82, 2.24) is 15.3 Å². The Morgan fingerprint density at radius 1 is 1.27 bits per heavy atom. The Morgan fingerprint density at radius 2 is 2.14 bits per heavy atom. The van der Waals surface area contributed by atoms with Crippen molar-refractivity contribution in [3.8, 4) is 11.4 Å². The molecule has 0 aliphatic heterocycles. The lowest BCUT2D eigenvalue weighted by Gasteiger charge is -2.08. The second-order valence-corrected chi connectivity index (χ2v) is 5.16. The van der Waals surface area contributed by atoms with Crippen molar-refractivity contribution >= 4 is 22.6 Å². The van der Waals surface area contributed by atoms with Crippen LogP contribution in [0.3, 0.4) is 0 Å². The summed E-state index contributed by atoms with van der Waals surface area (Å²) in [7, 11) is 0. The van der Waals surface area contributed by atoms with E-state index in [2.05, 4.69) is 26.7 Å². The average molecular weight is 294 g/mol. The molecule has 3 N–H and O–H groups in total. The highest BCUT2D eigenvalue weighted by Crippen LogP contribution is 2.29. The molecule has 0 saturated heterocycles. The van der Waals surface area contributed by atoms with Crippen LogP contribution in [0.15, 0.2) is 42.6 Å². The number of nitrogens with zero attached hydrogens (tertiary/aromatic N) is 1. The number of nitrogens with one attached hydrogen (secondary N) is 3. The molecule has 0 bridgehead atoms. The van der Waals surface area contributed by atoms with E-state index in [0.29, 0.717) is 6.54 Å². The van der Waals surface area contributed by atoms with Crippen molar-refractivity contribution in [3.05, 3.63) is 48.2 Å². The minimum atomic E-state index is -0.205. The summed E-state index contributed by atoms with van der Waals surface area (Å²) in [6, 6.07) is 11.7. The molecule has 0 unspecified atom stereocenters. The summed E-state index contributed by atoms with van der Waals surface area (Å²) in [5.74, 6) is 0. The maximum atomic E-state index is 11.8. The quantitative estimate of drug-likeness (QED) is 0.689. The number of fused-ring (bicyclic) bond motifs is 1. The average Bonchev–Trinajstić information content (AvgIpc) is 2.92. The van der Waals surface area contributed by atoms with Crippen molar-refractivity contribution in [3.63, 3.8) is 0 Å². The zero-order valence-electron chi connectivity index (χ0n) is 12.6. The number of H-pyrrole nitrogens is 1. The van der Waals surface area contributed by atoms with Gasteiger partial charge in [-0.1, -0.05) is 6.07 Å². The highest BCUT2D eigenvalue weighted by atomic mass is 16.2. The summed E-state index contributed by atoms with van der Waals surface area (Å²) in [4.78, 5) is 19.5. The second-order valence-electron chi connectivity index (χ2n) is 5.16. The van der Waals surface area contributed by atoms with Crippen molar-refractivity contribution in [2.75, 3.05) is 11.9 Å². The van der Waals surface area contributed by atoms with Crippen LogP contribution < -0.4 is 10.6 Å². The summed E-state index contributed by atoms with van der Waals surface area (Å²) in [5.41, 5.74) is 4.56. The van der Waals surface area contributed by atoms with Crippen LogP contribution in [-0.2, 0) is 0 Å². The number of aromatic amines is 1. The Kier molecular flexibility index (Phi) is 3.78. The Morgan fingerprint density at radius 3 is 2.86 bits per heavy atom. The van der Waals surface area contributed by atoms with E-state index in [1.165, 1.54) is 0 Å². The molecule has 0 fully saturated rings. The van der Waals surface area contributed by atoms with Gasteiger partial charge in [-0.15, -0.1) is 0 Å². The first-order valence-electron chi connectivity index (χ1n) is 7.27. The number of hydrogen-bond donors (Lipinski definition) is 3. The fourth-order valence-electron chi connectivity index (χ4n) is 2.48. The van der Waals surface area contributed by atoms with Gasteiger partial charge in [0, 0.05) is 18.1 Å². The summed E-state index contributed by atoms with van der Waals surface area (Å²) in [6.07, 6.45) is 1.76. The largest absolute Gasteiger partial charge is 0.352 e. The van der Waals surface area contributed by atoms with Crippen LogP contribution in [0.2, 0.25) is 0 Å². The van der Waals surface area contributed by atoms with E-state index in [1.54, 1.807) is 6.20 Å². The SMILES string of the molecule is CCNC(=O)Nc1cc(C)cc2cc(-c3ccccn3)[nH]c12. The third-order valence-electron chi connectivity index (χ3n) is 3.40. The lowest BCUT2D eigenvalue weighted by Crippen LogP contribution is -2.28. The Bertz CT molecular complexity index is 808. The molecule has 0 atom stereocenters. The predicted octanol–water partition coefficient (Wildman–Crippen LogP) is 3.68. The molecule has 3 aromatic rings. The molecule has 2 amide bonds. The molecule has 0 spiro atoms. The van der Waals surface area contributed by atoms with Crippen LogP contribution in [0.4, 0.5) is 10.5 Å². The number of anilines is 1. The molecule has 112 valence electrons. The van der Waals surface area contributed by atoms with E-state index in [1.807, 2.05) is 44.2 Å². The minimum Gasteiger partial charge on any atom is -0.352 e. The maximum absolute atomic E-state index is 11.8. The normalized spacial score (nSPS) is 10.6. The smallest absolute Gasteiger partial charge is 0.319 e. The molecule has 5 nitrogen and oxygen atoms in total.